The number of hydrogen-bond acceptors (Lipinski definition) is 5. The second kappa shape index (κ2) is 7.24. The lowest BCUT2D eigenvalue weighted by atomic mass is 10.1. The molecule has 0 aliphatic rings. The van der Waals surface area contributed by atoms with Crippen molar-refractivity contribution in [1.29, 1.82) is 0 Å². The first-order valence-corrected chi connectivity index (χ1v) is 8.79. The molecule has 0 aliphatic carbocycles. The molecule has 22 heavy (non-hydrogen) atoms. The van der Waals surface area contributed by atoms with E-state index in [1.165, 1.54) is 11.3 Å². The molecule has 0 spiro atoms. The molecule has 0 amide bonds. The number of halogens is 1. The molecule has 0 aliphatic heterocycles. The average Bonchev–Trinajstić information content (AvgIpc) is 2.92. The number of rotatable bonds is 5. The SMILES string of the molecule is CCOC(=O)c1csc(N(c2cc(Br)ccc2C)C(C)C)n1. The first kappa shape index (κ1) is 17.0. The van der Waals surface area contributed by atoms with Crippen molar-refractivity contribution in [3.05, 3.63) is 39.3 Å². The number of aryl methyl sites for hydroxylation is 1. The van der Waals surface area contributed by atoms with Crippen molar-refractivity contribution in [2.75, 3.05) is 11.5 Å². The molecule has 0 N–H and O–H groups in total. The Kier molecular flexibility index (Phi) is 5.58. The summed E-state index contributed by atoms with van der Waals surface area (Å²) in [6, 6.07) is 6.37. The zero-order valence-corrected chi connectivity index (χ0v) is 15.5. The highest BCUT2D eigenvalue weighted by Crippen LogP contribution is 2.34. The molecule has 0 saturated carbocycles. The molecule has 1 aromatic carbocycles. The largest absolute Gasteiger partial charge is 0.461 e. The van der Waals surface area contributed by atoms with Crippen LogP contribution in [0.15, 0.2) is 28.1 Å². The third-order valence-electron chi connectivity index (χ3n) is 3.13. The standard InChI is InChI=1S/C16H19BrN2O2S/c1-5-21-15(20)13-9-22-16(18-13)19(10(2)3)14-8-12(17)7-6-11(14)4/h6-10H,5H2,1-4H3. The normalized spacial score (nSPS) is 10.8. The zero-order valence-electron chi connectivity index (χ0n) is 13.1. The van der Waals surface area contributed by atoms with Crippen LogP contribution in [0.25, 0.3) is 0 Å². The molecule has 0 bridgehead atoms. The van der Waals surface area contributed by atoms with Gasteiger partial charge in [0.05, 0.1) is 6.61 Å². The van der Waals surface area contributed by atoms with Crippen LogP contribution in [0.2, 0.25) is 0 Å². The number of carbonyl (C=O) groups excluding carboxylic acids is 1. The Morgan fingerprint density at radius 3 is 2.82 bits per heavy atom. The van der Waals surface area contributed by atoms with Crippen LogP contribution in [0.3, 0.4) is 0 Å². The fourth-order valence-electron chi connectivity index (χ4n) is 2.12. The Balaban J connectivity index is 2.41. The van der Waals surface area contributed by atoms with Gasteiger partial charge in [-0.25, -0.2) is 9.78 Å². The molecule has 2 rings (SSSR count). The van der Waals surface area contributed by atoms with E-state index >= 15 is 0 Å². The van der Waals surface area contributed by atoms with E-state index in [1.54, 1.807) is 12.3 Å². The van der Waals surface area contributed by atoms with Gasteiger partial charge >= 0.3 is 5.97 Å². The molecule has 1 aromatic heterocycles. The van der Waals surface area contributed by atoms with Gasteiger partial charge in [-0.15, -0.1) is 11.3 Å². The summed E-state index contributed by atoms with van der Waals surface area (Å²) in [6.07, 6.45) is 0. The molecule has 6 heteroatoms. The second-order valence-electron chi connectivity index (χ2n) is 5.13. The fraction of sp³-hybridized carbons (Fsp3) is 0.375. The summed E-state index contributed by atoms with van der Waals surface area (Å²) in [4.78, 5) is 18.4. The van der Waals surface area contributed by atoms with Crippen LogP contribution < -0.4 is 4.90 Å². The van der Waals surface area contributed by atoms with Gasteiger partial charge in [-0.05, 0) is 45.4 Å². The molecule has 4 nitrogen and oxygen atoms in total. The number of thiazole rings is 1. The van der Waals surface area contributed by atoms with Gasteiger partial charge in [-0.3, -0.25) is 0 Å². The second-order valence-corrected chi connectivity index (χ2v) is 6.88. The highest BCUT2D eigenvalue weighted by molar-refractivity contribution is 9.10. The number of hydrogen-bond donors (Lipinski definition) is 0. The summed E-state index contributed by atoms with van der Waals surface area (Å²) in [7, 11) is 0. The Labute approximate surface area is 143 Å². The van der Waals surface area contributed by atoms with Gasteiger partial charge < -0.3 is 9.64 Å². The van der Waals surface area contributed by atoms with Crippen molar-refractivity contribution < 1.29 is 9.53 Å². The minimum absolute atomic E-state index is 0.217. The van der Waals surface area contributed by atoms with Crippen LogP contribution in [0, 0.1) is 6.92 Å². The predicted molar refractivity (Wildman–Crippen MR) is 94.2 cm³/mol. The maximum atomic E-state index is 11.8. The van der Waals surface area contributed by atoms with Gasteiger partial charge in [-0.1, -0.05) is 22.0 Å². The van der Waals surface area contributed by atoms with Crippen molar-refractivity contribution >= 4 is 44.1 Å². The van der Waals surface area contributed by atoms with Gasteiger partial charge in [0.2, 0.25) is 0 Å². The topological polar surface area (TPSA) is 42.4 Å². The summed E-state index contributed by atoms with van der Waals surface area (Å²) in [5.41, 5.74) is 2.60. The Morgan fingerprint density at radius 1 is 1.45 bits per heavy atom. The zero-order chi connectivity index (χ0) is 16.3. The summed E-state index contributed by atoms with van der Waals surface area (Å²) in [5.74, 6) is -0.375. The Bertz CT molecular complexity index is 670. The minimum atomic E-state index is -0.375. The predicted octanol–water partition coefficient (Wildman–Crippen LogP) is 4.94. The van der Waals surface area contributed by atoms with Crippen LogP contribution in [0.1, 0.15) is 36.8 Å². The van der Waals surface area contributed by atoms with Gasteiger partial charge in [0, 0.05) is 21.6 Å². The lowest BCUT2D eigenvalue weighted by Gasteiger charge is -2.28. The number of nitrogens with zero attached hydrogens (tertiary/aromatic N) is 2. The van der Waals surface area contributed by atoms with Crippen LogP contribution in [-0.4, -0.2) is 23.6 Å². The fourth-order valence-corrected chi connectivity index (χ4v) is 3.41. The maximum absolute atomic E-state index is 11.8. The average molecular weight is 383 g/mol. The summed E-state index contributed by atoms with van der Waals surface area (Å²) < 4.78 is 6.02. The van der Waals surface area contributed by atoms with Crippen molar-refractivity contribution in [3.63, 3.8) is 0 Å². The van der Waals surface area contributed by atoms with E-state index in [2.05, 4.69) is 58.7 Å². The van der Waals surface area contributed by atoms with E-state index in [0.29, 0.717) is 12.3 Å². The van der Waals surface area contributed by atoms with E-state index in [0.717, 1.165) is 20.9 Å². The third kappa shape index (κ3) is 3.67. The van der Waals surface area contributed by atoms with E-state index in [9.17, 15) is 4.79 Å². The summed E-state index contributed by atoms with van der Waals surface area (Å²) in [6.45, 7) is 8.41. The molecule has 0 fully saturated rings. The van der Waals surface area contributed by atoms with Crippen LogP contribution in [0.5, 0.6) is 0 Å². The highest BCUT2D eigenvalue weighted by atomic mass is 79.9. The highest BCUT2D eigenvalue weighted by Gasteiger charge is 2.21. The number of esters is 1. The Hall–Kier alpha value is -1.40. The quantitative estimate of drug-likeness (QED) is 0.686. The number of carbonyl (C=O) groups is 1. The lowest BCUT2D eigenvalue weighted by molar-refractivity contribution is 0.0520. The third-order valence-corrected chi connectivity index (χ3v) is 4.46. The summed E-state index contributed by atoms with van der Waals surface area (Å²) >= 11 is 4.97. The number of benzene rings is 1. The van der Waals surface area contributed by atoms with Crippen LogP contribution in [-0.2, 0) is 4.74 Å². The van der Waals surface area contributed by atoms with Crippen LogP contribution >= 0.6 is 27.3 Å². The smallest absolute Gasteiger partial charge is 0.357 e. The van der Waals surface area contributed by atoms with Gasteiger partial charge in [0.15, 0.2) is 10.8 Å². The molecule has 118 valence electrons. The molecular weight excluding hydrogens is 364 g/mol. The molecule has 0 saturated heterocycles. The van der Waals surface area contributed by atoms with Crippen molar-refractivity contribution in [1.82, 2.24) is 4.98 Å². The van der Waals surface area contributed by atoms with Crippen molar-refractivity contribution in [2.45, 2.75) is 33.7 Å². The van der Waals surface area contributed by atoms with Crippen molar-refractivity contribution in [3.8, 4) is 0 Å². The first-order valence-electron chi connectivity index (χ1n) is 7.12. The van der Waals surface area contributed by atoms with Gasteiger partial charge in [0.1, 0.15) is 0 Å². The molecule has 1 heterocycles. The molecule has 0 atom stereocenters. The number of aromatic nitrogens is 1. The van der Waals surface area contributed by atoms with E-state index in [1.807, 2.05) is 6.07 Å². The summed E-state index contributed by atoms with van der Waals surface area (Å²) in [5, 5.41) is 2.54. The Morgan fingerprint density at radius 2 is 2.18 bits per heavy atom. The van der Waals surface area contributed by atoms with Gasteiger partial charge in [0.25, 0.3) is 0 Å². The van der Waals surface area contributed by atoms with Crippen LogP contribution in [0.4, 0.5) is 10.8 Å². The molecule has 0 unspecified atom stereocenters. The van der Waals surface area contributed by atoms with E-state index in [4.69, 9.17) is 4.74 Å². The van der Waals surface area contributed by atoms with Gasteiger partial charge in [-0.2, -0.15) is 0 Å². The minimum Gasteiger partial charge on any atom is -0.461 e. The monoisotopic (exact) mass is 382 g/mol. The lowest BCUT2D eigenvalue weighted by Crippen LogP contribution is -2.26. The van der Waals surface area contributed by atoms with E-state index < -0.39 is 0 Å². The van der Waals surface area contributed by atoms with E-state index in [-0.39, 0.29) is 12.0 Å². The number of ether oxygens (including phenoxy) is 1. The maximum Gasteiger partial charge on any atom is 0.357 e. The number of anilines is 2. The molecular formula is C16H19BrN2O2S. The molecule has 2 aromatic rings. The van der Waals surface area contributed by atoms with Crippen molar-refractivity contribution in [2.24, 2.45) is 0 Å². The molecule has 0 radical (unpaired) electrons. The first-order chi connectivity index (χ1) is 10.4.